The van der Waals surface area contributed by atoms with Crippen LogP contribution >= 0.6 is 0 Å². The summed E-state index contributed by atoms with van der Waals surface area (Å²) in [6.07, 6.45) is 1.53. The Morgan fingerprint density at radius 2 is 1.74 bits per heavy atom. The van der Waals surface area contributed by atoms with Gasteiger partial charge in [-0.2, -0.15) is 5.26 Å². The SMILES string of the molecule is Cc1cc(-c2ncccc2-c2cc(F)c(S(N)(=O)=O)c(F)c2)ccc1C#N. The van der Waals surface area contributed by atoms with E-state index in [-0.39, 0.29) is 5.56 Å². The zero-order valence-corrected chi connectivity index (χ0v) is 14.9. The number of aryl methyl sites for hydroxylation is 1. The van der Waals surface area contributed by atoms with Crippen LogP contribution in [0.3, 0.4) is 0 Å². The third-order valence-corrected chi connectivity index (χ3v) is 4.98. The maximum atomic E-state index is 14.2. The lowest BCUT2D eigenvalue weighted by Gasteiger charge is -2.12. The predicted octanol–water partition coefficient (Wildman–Crippen LogP) is 3.52. The highest BCUT2D eigenvalue weighted by molar-refractivity contribution is 7.89. The zero-order chi connectivity index (χ0) is 19.8. The van der Waals surface area contributed by atoms with Gasteiger partial charge in [-0.3, -0.25) is 4.98 Å². The molecule has 0 aliphatic heterocycles. The Balaban J connectivity index is 2.21. The van der Waals surface area contributed by atoms with E-state index in [1.165, 1.54) is 6.20 Å². The van der Waals surface area contributed by atoms with Gasteiger partial charge in [0, 0.05) is 17.3 Å². The van der Waals surface area contributed by atoms with Gasteiger partial charge in [0.2, 0.25) is 10.0 Å². The fourth-order valence-electron chi connectivity index (χ4n) is 2.79. The number of nitrogens with zero attached hydrogens (tertiary/aromatic N) is 2. The number of aromatic nitrogens is 1. The van der Waals surface area contributed by atoms with Crippen LogP contribution < -0.4 is 5.14 Å². The Bertz CT molecular complexity index is 1180. The maximum absolute atomic E-state index is 14.2. The second-order valence-corrected chi connectivity index (χ2v) is 7.35. The Kier molecular flexibility index (Phi) is 4.74. The van der Waals surface area contributed by atoms with Crippen LogP contribution in [0.2, 0.25) is 0 Å². The first-order valence-corrected chi connectivity index (χ1v) is 9.25. The predicted molar refractivity (Wildman–Crippen MR) is 95.9 cm³/mol. The van der Waals surface area contributed by atoms with Crippen LogP contribution in [0.25, 0.3) is 22.4 Å². The summed E-state index contributed by atoms with van der Waals surface area (Å²) in [5.41, 5.74) is 2.84. The number of hydrogen-bond acceptors (Lipinski definition) is 4. The van der Waals surface area contributed by atoms with Crippen LogP contribution in [0.4, 0.5) is 8.78 Å². The standard InChI is InChI=1S/C19H13F2N3O2S/c1-11-7-12(4-5-13(11)10-22)18-15(3-2-6-24-18)14-8-16(20)19(17(21)9-14)27(23,25)26/h2-9H,1H3,(H2,23,25,26). The highest BCUT2D eigenvalue weighted by atomic mass is 32.2. The summed E-state index contributed by atoms with van der Waals surface area (Å²) in [6, 6.07) is 12.1. The van der Waals surface area contributed by atoms with Gasteiger partial charge in [-0.15, -0.1) is 0 Å². The second kappa shape index (κ2) is 6.87. The molecule has 0 amide bonds. The fraction of sp³-hybridized carbons (Fsp3) is 0.0526. The number of pyridine rings is 1. The number of nitrogens with two attached hydrogens (primary N) is 1. The molecule has 8 heteroatoms. The summed E-state index contributed by atoms with van der Waals surface area (Å²) in [4.78, 5) is 3.11. The molecule has 1 heterocycles. The first kappa shape index (κ1) is 18.6. The molecule has 27 heavy (non-hydrogen) atoms. The van der Waals surface area contributed by atoms with Crippen molar-refractivity contribution in [2.75, 3.05) is 0 Å². The minimum Gasteiger partial charge on any atom is -0.256 e. The first-order valence-electron chi connectivity index (χ1n) is 7.70. The minimum absolute atomic E-state index is 0.113. The van der Waals surface area contributed by atoms with E-state index in [1.54, 1.807) is 37.3 Å². The topological polar surface area (TPSA) is 96.8 Å². The largest absolute Gasteiger partial charge is 0.256 e. The van der Waals surface area contributed by atoms with Crippen molar-refractivity contribution < 1.29 is 17.2 Å². The van der Waals surface area contributed by atoms with Crippen molar-refractivity contribution in [3.05, 3.63) is 71.4 Å². The average molecular weight is 385 g/mol. The number of rotatable bonds is 3. The van der Waals surface area contributed by atoms with Crippen LogP contribution in [0.15, 0.2) is 53.6 Å². The lowest BCUT2D eigenvalue weighted by Crippen LogP contribution is -2.16. The van der Waals surface area contributed by atoms with Gasteiger partial charge in [-0.1, -0.05) is 12.1 Å². The molecule has 0 radical (unpaired) electrons. The van der Waals surface area contributed by atoms with E-state index in [0.29, 0.717) is 22.4 Å². The quantitative estimate of drug-likeness (QED) is 0.746. The number of nitriles is 1. The molecule has 1 aromatic heterocycles. The van der Waals surface area contributed by atoms with Gasteiger partial charge in [0.25, 0.3) is 0 Å². The minimum atomic E-state index is -4.53. The van der Waals surface area contributed by atoms with Crippen molar-refractivity contribution in [3.8, 4) is 28.5 Å². The fourth-order valence-corrected chi connectivity index (χ4v) is 3.45. The van der Waals surface area contributed by atoms with E-state index >= 15 is 0 Å². The molecule has 0 spiro atoms. The van der Waals surface area contributed by atoms with Crippen molar-refractivity contribution in [1.29, 1.82) is 5.26 Å². The van der Waals surface area contributed by atoms with Gasteiger partial charge in [-0.25, -0.2) is 22.3 Å². The monoisotopic (exact) mass is 385 g/mol. The molecule has 0 saturated heterocycles. The van der Waals surface area contributed by atoms with Crippen molar-refractivity contribution >= 4 is 10.0 Å². The third kappa shape index (κ3) is 3.56. The Morgan fingerprint density at radius 3 is 2.30 bits per heavy atom. The van der Waals surface area contributed by atoms with Gasteiger partial charge < -0.3 is 0 Å². The molecule has 2 N–H and O–H groups in total. The van der Waals surface area contributed by atoms with E-state index in [2.05, 4.69) is 11.1 Å². The molecule has 0 bridgehead atoms. The maximum Gasteiger partial charge on any atom is 0.243 e. The van der Waals surface area contributed by atoms with Crippen LogP contribution in [-0.2, 0) is 10.0 Å². The summed E-state index contributed by atoms with van der Waals surface area (Å²) in [5.74, 6) is -2.56. The number of benzene rings is 2. The molecular weight excluding hydrogens is 372 g/mol. The normalized spacial score (nSPS) is 11.2. The summed E-state index contributed by atoms with van der Waals surface area (Å²) < 4.78 is 51.2. The number of halogens is 2. The molecule has 2 aromatic carbocycles. The van der Waals surface area contributed by atoms with E-state index in [9.17, 15) is 17.2 Å². The van der Waals surface area contributed by atoms with Crippen molar-refractivity contribution in [2.45, 2.75) is 11.8 Å². The van der Waals surface area contributed by atoms with Crippen LogP contribution in [0.5, 0.6) is 0 Å². The molecule has 3 rings (SSSR count). The zero-order valence-electron chi connectivity index (χ0n) is 14.1. The molecule has 136 valence electrons. The van der Waals surface area contributed by atoms with Gasteiger partial charge in [-0.05, 0) is 48.4 Å². The van der Waals surface area contributed by atoms with Gasteiger partial charge >= 0.3 is 0 Å². The lowest BCUT2D eigenvalue weighted by atomic mass is 9.97. The van der Waals surface area contributed by atoms with E-state index in [0.717, 1.165) is 17.7 Å². The van der Waals surface area contributed by atoms with Crippen molar-refractivity contribution in [3.63, 3.8) is 0 Å². The van der Waals surface area contributed by atoms with Gasteiger partial charge in [0.15, 0.2) is 4.90 Å². The first-order chi connectivity index (χ1) is 12.7. The second-order valence-electron chi connectivity index (χ2n) is 5.86. The van der Waals surface area contributed by atoms with Gasteiger partial charge in [0.05, 0.1) is 17.3 Å². The highest BCUT2D eigenvalue weighted by Gasteiger charge is 2.22. The number of sulfonamides is 1. The number of hydrogen-bond donors (Lipinski definition) is 1. The molecule has 5 nitrogen and oxygen atoms in total. The van der Waals surface area contributed by atoms with E-state index in [4.69, 9.17) is 10.4 Å². The van der Waals surface area contributed by atoms with Crippen LogP contribution in [0, 0.1) is 29.9 Å². The molecule has 0 fully saturated rings. The molecule has 0 saturated carbocycles. The molecular formula is C19H13F2N3O2S. The van der Waals surface area contributed by atoms with Crippen LogP contribution in [-0.4, -0.2) is 13.4 Å². The molecule has 0 unspecified atom stereocenters. The summed E-state index contributed by atoms with van der Waals surface area (Å²) >= 11 is 0. The molecule has 3 aromatic rings. The third-order valence-electron chi connectivity index (χ3n) is 4.02. The van der Waals surface area contributed by atoms with E-state index in [1.807, 2.05) is 0 Å². The molecule has 0 atom stereocenters. The molecule has 0 aliphatic carbocycles. The van der Waals surface area contributed by atoms with Crippen LogP contribution in [0.1, 0.15) is 11.1 Å². The Morgan fingerprint density at radius 1 is 1.07 bits per heavy atom. The number of primary sulfonamides is 1. The Hall–Kier alpha value is -3.15. The summed E-state index contributed by atoms with van der Waals surface area (Å²) in [7, 11) is -4.53. The van der Waals surface area contributed by atoms with Crippen molar-refractivity contribution in [1.82, 2.24) is 4.98 Å². The Labute approximate surface area is 154 Å². The summed E-state index contributed by atoms with van der Waals surface area (Å²) in [5, 5.41) is 13.9. The van der Waals surface area contributed by atoms with Crippen molar-refractivity contribution in [2.24, 2.45) is 5.14 Å². The van der Waals surface area contributed by atoms with E-state index < -0.39 is 26.6 Å². The lowest BCUT2D eigenvalue weighted by molar-refractivity contribution is 0.520. The highest BCUT2D eigenvalue weighted by Crippen LogP contribution is 2.33. The smallest absolute Gasteiger partial charge is 0.243 e. The van der Waals surface area contributed by atoms with Gasteiger partial charge in [0.1, 0.15) is 11.6 Å². The summed E-state index contributed by atoms with van der Waals surface area (Å²) in [6.45, 7) is 1.77. The molecule has 0 aliphatic rings. The average Bonchev–Trinajstić information content (AvgIpc) is 2.59.